The molecule has 4 heterocycles. The van der Waals surface area contributed by atoms with Crippen molar-refractivity contribution < 1.29 is 37.7 Å². The zero-order chi connectivity index (χ0) is 32.9. The number of ether oxygens (including phenoxy) is 4. The Bertz CT molecular complexity index is 1820. The maximum atomic E-state index is 14.7. The van der Waals surface area contributed by atoms with E-state index in [-0.39, 0.29) is 60.8 Å². The second-order valence-electron chi connectivity index (χ2n) is 11.0. The van der Waals surface area contributed by atoms with Gasteiger partial charge in [-0.1, -0.05) is 12.1 Å². The summed E-state index contributed by atoms with van der Waals surface area (Å²) in [4.78, 5) is 50.0. The number of hydrogen-bond donors (Lipinski definition) is 2. The molecule has 13 heteroatoms. The highest BCUT2D eigenvalue weighted by molar-refractivity contribution is 5.97. The summed E-state index contributed by atoms with van der Waals surface area (Å²) in [5.74, 6) is -0.667. The van der Waals surface area contributed by atoms with Gasteiger partial charge in [-0.15, -0.1) is 0 Å². The van der Waals surface area contributed by atoms with Gasteiger partial charge in [0.05, 0.1) is 25.8 Å². The molecule has 0 aliphatic carbocycles. The molecule has 0 spiro atoms. The van der Waals surface area contributed by atoms with E-state index in [1.165, 1.54) is 32.5 Å². The zero-order valence-electron chi connectivity index (χ0n) is 25.7. The molecule has 242 valence electrons. The minimum absolute atomic E-state index is 0.0404. The molecule has 0 radical (unpaired) electrons. The maximum Gasteiger partial charge on any atom is 0.259 e. The van der Waals surface area contributed by atoms with Gasteiger partial charge in [0.1, 0.15) is 29.0 Å². The summed E-state index contributed by atoms with van der Waals surface area (Å²) in [6.45, 7) is 0.144. The summed E-state index contributed by atoms with van der Waals surface area (Å²) in [6, 6.07) is 15.4. The Morgan fingerprint density at radius 2 is 1.83 bits per heavy atom. The van der Waals surface area contributed by atoms with Crippen LogP contribution in [0.3, 0.4) is 0 Å². The number of fused-ring (bicyclic) bond motifs is 8. The molecule has 1 saturated heterocycles. The first-order chi connectivity index (χ1) is 22.8. The largest absolute Gasteiger partial charge is 0.488 e. The number of rotatable bonds is 3. The van der Waals surface area contributed by atoms with Crippen LogP contribution in [0.4, 0.5) is 4.39 Å². The number of nitrogens with one attached hydrogen (secondary N) is 2. The van der Waals surface area contributed by atoms with E-state index in [1.54, 1.807) is 53.6 Å². The second kappa shape index (κ2) is 13.7. The lowest BCUT2D eigenvalue weighted by molar-refractivity contribution is -0.123. The topological polar surface area (TPSA) is 141 Å². The summed E-state index contributed by atoms with van der Waals surface area (Å²) >= 11 is 0. The number of methoxy groups -OCH3 is 2. The SMILES string of the molecule is COc1ccc(C(=O)N2CC[C@@H]3Oc4cc(F)cc(c4)CNC(=O)COc4cccc(c4)-c4cncc(c4)C(=O)N[C@@H]3C2)c(OC)n1. The summed E-state index contributed by atoms with van der Waals surface area (Å²) < 4.78 is 37.2. The minimum Gasteiger partial charge on any atom is -0.488 e. The molecule has 47 heavy (non-hydrogen) atoms. The first-order valence-electron chi connectivity index (χ1n) is 14.9. The predicted molar refractivity (Wildman–Crippen MR) is 167 cm³/mol. The molecule has 2 aliphatic heterocycles. The van der Waals surface area contributed by atoms with Crippen molar-refractivity contribution in [1.82, 2.24) is 25.5 Å². The molecular weight excluding hydrogens is 609 g/mol. The van der Waals surface area contributed by atoms with Gasteiger partial charge in [-0.3, -0.25) is 19.4 Å². The van der Waals surface area contributed by atoms with Crippen LogP contribution in [-0.2, 0) is 11.3 Å². The van der Waals surface area contributed by atoms with E-state index in [4.69, 9.17) is 18.9 Å². The van der Waals surface area contributed by atoms with Crippen LogP contribution in [0.1, 0.15) is 32.7 Å². The van der Waals surface area contributed by atoms with Crippen molar-refractivity contribution in [2.75, 3.05) is 33.9 Å². The van der Waals surface area contributed by atoms with Gasteiger partial charge in [0.15, 0.2) is 6.61 Å². The lowest BCUT2D eigenvalue weighted by Crippen LogP contribution is -2.58. The van der Waals surface area contributed by atoms with E-state index < -0.39 is 23.9 Å². The second-order valence-corrected chi connectivity index (χ2v) is 11.0. The average molecular weight is 642 g/mol. The van der Waals surface area contributed by atoms with Crippen LogP contribution in [0, 0.1) is 5.82 Å². The van der Waals surface area contributed by atoms with E-state index >= 15 is 0 Å². The molecule has 2 aliphatic rings. The fourth-order valence-electron chi connectivity index (χ4n) is 5.53. The van der Waals surface area contributed by atoms with Crippen LogP contribution in [-0.4, -0.2) is 78.7 Å². The number of carbonyl (C=O) groups is 3. The number of hydrogen-bond acceptors (Lipinski definition) is 9. The molecular formula is C34H32FN5O7. The van der Waals surface area contributed by atoms with Crippen molar-refractivity contribution in [3.8, 4) is 34.4 Å². The standard InChI is InChI=1S/C34H32FN5O7/c1-44-31-7-6-27(33(39-31)45-2)34(43)40-9-8-29-28(18-40)38-32(42)23-12-22(16-36-17-23)21-4-3-5-25(13-21)46-19-30(41)37-15-20-10-24(35)14-26(11-20)47-29/h3-7,10-14,16-17,28-29H,8-9,15,18-19H2,1-2H3,(H,37,41)(H,38,42)/t28-,29+/m1/s1. The monoisotopic (exact) mass is 641 g/mol. The van der Waals surface area contributed by atoms with Gasteiger partial charge in [0.2, 0.25) is 11.8 Å². The predicted octanol–water partition coefficient (Wildman–Crippen LogP) is 3.40. The van der Waals surface area contributed by atoms with Gasteiger partial charge < -0.3 is 34.5 Å². The Hall–Kier alpha value is -5.72. The lowest BCUT2D eigenvalue weighted by atomic mass is 9.99. The van der Waals surface area contributed by atoms with Gasteiger partial charge >= 0.3 is 0 Å². The molecule has 0 saturated carbocycles. The van der Waals surface area contributed by atoms with Crippen LogP contribution in [0.5, 0.6) is 23.3 Å². The number of amides is 3. The summed E-state index contributed by atoms with van der Waals surface area (Å²) in [6.07, 6.45) is 2.75. The molecule has 3 amide bonds. The number of piperidine rings is 1. The molecule has 4 aromatic rings. The van der Waals surface area contributed by atoms with E-state index in [0.717, 1.165) is 5.56 Å². The molecule has 2 aromatic carbocycles. The van der Waals surface area contributed by atoms with E-state index in [9.17, 15) is 18.8 Å². The first-order valence-corrected chi connectivity index (χ1v) is 14.9. The number of halogens is 1. The lowest BCUT2D eigenvalue weighted by Gasteiger charge is -2.39. The van der Waals surface area contributed by atoms with E-state index in [2.05, 4.69) is 20.6 Å². The van der Waals surface area contributed by atoms with Crippen LogP contribution < -0.4 is 29.6 Å². The normalized spacial score (nSPS) is 18.1. The Labute approximate surface area is 269 Å². The van der Waals surface area contributed by atoms with Gasteiger partial charge in [-0.05, 0) is 47.5 Å². The molecule has 6 bridgehead atoms. The summed E-state index contributed by atoms with van der Waals surface area (Å²) in [5, 5.41) is 5.76. The maximum absolute atomic E-state index is 14.7. The third kappa shape index (κ3) is 7.24. The number of nitrogens with zero attached hydrogens (tertiary/aromatic N) is 3. The summed E-state index contributed by atoms with van der Waals surface area (Å²) in [7, 11) is 2.88. The zero-order valence-corrected chi connectivity index (χ0v) is 25.7. The molecule has 12 nitrogen and oxygen atoms in total. The first kappa shape index (κ1) is 31.3. The van der Waals surface area contributed by atoms with Crippen molar-refractivity contribution in [2.45, 2.75) is 25.1 Å². The van der Waals surface area contributed by atoms with Gasteiger partial charge in [0.25, 0.3) is 17.7 Å². The van der Waals surface area contributed by atoms with Gasteiger partial charge in [-0.25, -0.2) is 4.39 Å². The van der Waals surface area contributed by atoms with Crippen LogP contribution >= 0.6 is 0 Å². The van der Waals surface area contributed by atoms with E-state index in [0.29, 0.717) is 29.2 Å². The van der Waals surface area contributed by atoms with Gasteiger partial charge in [0, 0.05) is 56.1 Å². The molecule has 2 aromatic heterocycles. The Morgan fingerprint density at radius 1 is 0.979 bits per heavy atom. The number of benzene rings is 2. The molecule has 0 unspecified atom stereocenters. The average Bonchev–Trinajstić information content (AvgIpc) is 3.09. The highest BCUT2D eigenvalue weighted by Gasteiger charge is 2.36. The van der Waals surface area contributed by atoms with E-state index in [1.807, 2.05) is 6.07 Å². The van der Waals surface area contributed by atoms with Crippen molar-refractivity contribution in [2.24, 2.45) is 0 Å². The van der Waals surface area contributed by atoms with Crippen LogP contribution in [0.15, 0.2) is 73.1 Å². The summed E-state index contributed by atoms with van der Waals surface area (Å²) in [5.41, 5.74) is 2.37. The quantitative estimate of drug-likeness (QED) is 0.344. The number of aromatic nitrogens is 2. The molecule has 2 N–H and O–H groups in total. The Kier molecular flexibility index (Phi) is 9.13. The number of likely N-dealkylation sites (tertiary alicyclic amines) is 1. The van der Waals surface area contributed by atoms with Crippen LogP contribution in [0.2, 0.25) is 0 Å². The minimum atomic E-state index is -0.703. The smallest absolute Gasteiger partial charge is 0.259 e. The van der Waals surface area contributed by atoms with Crippen molar-refractivity contribution in [1.29, 1.82) is 0 Å². The van der Waals surface area contributed by atoms with Gasteiger partial charge in [-0.2, -0.15) is 4.98 Å². The molecule has 1 fully saturated rings. The highest BCUT2D eigenvalue weighted by Crippen LogP contribution is 2.28. The van der Waals surface area contributed by atoms with Crippen LogP contribution in [0.25, 0.3) is 11.1 Å². The van der Waals surface area contributed by atoms with Crippen molar-refractivity contribution in [3.05, 3.63) is 95.6 Å². The third-order valence-corrected chi connectivity index (χ3v) is 7.87. The van der Waals surface area contributed by atoms with Crippen molar-refractivity contribution in [3.63, 3.8) is 0 Å². The molecule has 6 rings (SSSR count). The Balaban J connectivity index is 1.34. The van der Waals surface area contributed by atoms with Crippen molar-refractivity contribution >= 4 is 17.7 Å². The third-order valence-electron chi connectivity index (χ3n) is 7.87. The number of carbonyl (C=O) groups excluding carboxylic acids is 3. The number of pyridine rings is 2. The molecule has 2 atom stereocenters. The highest BCUT2D eigenvalue weighted by atomic mass is 19.1. The fourth-order valence-corrected chi connectivity index (χ4v) is 5.53. The Morgan fingerprint density at radius 3 is 2.66 bits per heavy atom. The fraction of sp³-hybridized carbons (Fsp3) is 0.265.